The number of nitrogen functional groups attached to an aromatic ring is 1. The van der Waals surface area contributed by atoms with Crippen LogP contribution in [0.25, 0.3) is 5.70 Å². The van der Waals surface area contributed by atoms with Crippen LogP contribution in [0.3, 0.4) is 0 Å². The molecule has 0 saturated carbocycles. The minimum absolute atomic E-state index is 0.109. The average molecular weight is 441 g/mol. The van der Waals surface area contributed by atoms with Gasteiger partial charge in [-0.3, -0.25) is 4.79 Å². The quantitative estimate of drug-likeness (QED) is 0.187. The van der Waals surface area contributed by atoms with Gasteiger partial charge in [0, 0.05) is 28.5 Å². The molecule has 0 amide bonds. The number of benzene rings is 1. The molecule has 0 fully saturated rings. The molecule has 0 spiro atoms. The number of nitrogens with one attached hydrogen (secondary N) is 1. The van der Waals surface area contributed by atoms with E-state index in [1.807, 2.05) is 24.3 Å². The Bertz CT molecular complexity index is 816. The molecule has 1 unspecified atom stereocenters. The summed E-state index contributed by atoms with van der Waals surface area (Å²) < 4.78 is 0. The van der Waals surface area contributed by atoms with Crippen LogP contribution in [0, 0.1) is 0 Å². The van der Waals surface area contributed by atoms with E-state index >= 15 is 0 Å². The number of thioether (sulfide) groups is 1. The zero-order valence-electron chi connectivity index (χ0n) is 20.0. The van der Waals surface area contributed by atoms with E-state index in [2.05, 4.69) is 57.8 Å². The Morgan fingerprint density at radius 1 is 1.03 bits per heavy atom. The van der Waals surface area contributed by atoms with Crippen LogP contribution in [0.5, 0.6) is 0 Å². The molecule has 1 atom stereocenters. The van der Waals surface area contributed by atoms with E-state index in [1.54, 1.807) is 18.7 Å². The van der Waals surface area contributed by atoms with Crippen LogP contribution in [0.2, 0.25) is 0 Å². The molecule has 170 valence electrons. The molecule has 3 nitrogen and oxygen atoms in total. The van der Waals surface area contributed by atoms with Gasteiger partial charge in [0.25, 0.3) is 0 Å². The molecule has 0 aliphatic carbocycles. The lowest BCUT2D eigenvalue weighted by Crippen LogP contribution is -2.36. The second-order valence-electron chi connectivity index (χ2n) is 8.37. The van der Waals surface area contributed by atoms with Crippen LogP contribution in [-0.2, 0) is 4.79 Å². The first kappa shape index (κ1) is 26.8. The number of nitrogens with two attached hydrogens (primary N) is 1. The molecular formula is C27H40N2OS. The summed E-state index contributed by atoms with van der Waals surface area (Å²) in [5.74, 6) is 1.71. The van der Waals surface area contributed by atoms with Crippen LogP contribution >= 0.6 is 11.8 Å². The number of ketones is 1. The topological polar surface area (TPSA) is 55.1 Å². The molecule has 4 heteroatoms. The van der Waals surface area contributed by atoms with Crippen molar-refractivity contribution < 1.29 is 4.79 Å². The maximum atomic E-state index is 12.1. The number of Topliss-reactive ketones (excluding diaryl/α,β-unsaturated/α-hetero) is 1. The highest BCUT2D eigenvalue weighted by Crippen LogP contribution is 2.19. The fraction of sp³-hybridized carbons (Fsp3) is 0.444. The first-order valence-electron chi connectivity index (χ1n) is 11.0. The molecule has 0 saturated heterocycles. The Balaban J connectivity index is 2.41. The summed E-state index contributed by atoms with van der Waals surface area (Å²) >= 11 is 1.76. The Kier molecular flexibility index (Phi) is 12.8. The van der Waals surface area contributed by atoms with Crippen molar-refractivity contribution in [2.24, 2.45) is 0 Å². The van der Waals surface area contributed by atoms with Gasteiger partial charge < -0.3 is 11.1 Å². The third kappa shape index (κ3) is 11.7. The summed E-state index contributed by atoms with van der Waals surface area (Å²) in [4.78, 5) is 12.1. The van der Waals surface area contributed by atoms with Crippen LogP contribution in [0.15, 0.2) is 65.8 Å². The van der Waals surface area contributed by atoms with Gasteiger partial charge in [-0.25, -0.2) is 0 Å². The van der Waals surface area contributed by atoms with E-state index in [0.717, 1.165) is 37.0 Å². The van der Waals surface area contributed by atoms with Crippen molar-refractivity contribution in [3.8, 4) is 0 Å². The Morgan fingerprint density at radius 3 is 2.26 bits per heavy atom. The van der Waals surface area contributed by atoms with Gasteiger partial charge in [-0.15, -0.1) is 0 Å². The van der Waals surface area contributed by atoms with Gasteiger partial charge in [0.2, 0.25) is 0 Å². The molecule has 0 heterocycles. The van der Waals surface area contributed by atoms with E-state index in [0.29, 0.717) is 17.1 Å². The monoisotopic (exact) mass is 440 g/mol. The zero-order chi connectivity index (χ0) is 23.2. The second kappa shape index (κ2) is 14.7. The Labute approximate surface area is 194 Å². The molecule has 0 radical (unpaired) electrons. The SMILES string of the molecule is C=C(NC(CSC/C=C(\C)CC/C=C(\C)CCC=C(C)C)C(C)=O)c1ccccc1N. The lowest BCUT2D eigenvalue weighted by molar-refractivity contribution is -0.118. The van der Waals surface area contributed by atoms with Crippen LogP contribution in [-0.4, -0.2) is 23.3 Å². The minimum atomic E-state index is -0.266. The van der Waals surface area contributed by atoms with Crippen molar-refractivity contribution >= 4 is 28.9 Å². The van der Waals surface area contributed by atoms with Gasteiger partial charge in [-0.1, -0.05) is 59.7 Å². The van der Waals surface area contributed by atoms with E-state index in [1.165, 1.54) is 16.7 Å². The van der Waals surface area contributed by atoms with Gasteiger partial charge in [0.05, 0.1) is 6.04 Å². The molecular weight excluding hydrogens is 400 g/mol. The lowest BCUT2D eigenvalue weighted by Gasteiger charge is -2.19. The van der Waals surface area contributed by atoms with Crippen LogP contribution < -0.4 is 11.1 Å². The maximum Gasteiger partial charge on any atom is 0.152 e. The average Bonchev–Trinajstić information content (AvgIpc) is 2.70. The number of hydrogen-bond donors (Lipinski definition) is 2. The first-order chi connectivity index (χ1) is 14.7. The first-order valence-corrected chi connectivity index (χ1v) is 12.2. The molecule has 1 aromatic carbocycles. The normalized spacial score (nSPS) is 12.9. The molecule has 31 heavy (non-hydrogen) atoms. The predicted molar refractivity (Wildman–Crippen MR) is 140 cm³/mol. The lowest BCUT2D eigenvalue weighted by atomic mass is 10.1. The van der Waals surface area contributed by atoms with Gasteiger partial charge >= 0.3 is 0 Å². The largest absolute Gasteiger partial charge is 0.398 e. The van der Waals surface area contributed by atoms with E-state index in [9.17, 15) is 4.79 Å². The Morgan fingerprint density at radius 2 is 1.65 bits per heavy atom. The maximum absolute atomic E-state index is 12.1. The predicted octanol–water partition coefficient (Wildman–Crippen LogP) is 6.94. The van der Waals surface area contributed by atoms with Crippen molar-refractivity contribution in [2.45, 2.75) is 66.3 Å². The summed E-state index contributed by atoms with van der Waals surface area (Å²) in [7, 11) is 0. The number of para-hydroxylation sites is 1. The van der Waals surface area contributed by atoms with Crippen molar-refractivity contribution in [2.75, 3.05) is 17.2 Å². The molecule has 0 aromatic heterocycles. The highest BCUT2D eigenvalue weighted by molar-refractivity contribution is 7.99. The van der Waals surface area contributed by atoms with E-state index < -0.39 is 0 Å². The third-order valence-electron chi connectivity index (χ3n) is 5.08. The highest BCUT2D eigenvalue weighted by atomic mass is 32.2. The molecule has 1 rings (SSSR count). The van der Waals surface area contributed by atoms with Crippen LogP contribution in [0.4, 0.5) is 5.69 Å². The van der Waals surface area contributed by atoms with Crippen LogP contribution in [0.1, 0.15) is 65.9 Å². The Hall–Kier alpha value is -2.20. The fourth-order valence-corrected chi connectivity index (χ4v) is 4.14. The van der Waals surface area contributed by atoms with E-state index in [4.69, 9.17) is 5.73 Å². The van der Waals surface area contributed by atoms with Gasteiger partial charge in [0.1, 0.15) is 0 Å². The summed E-state index contributed by atoms with van der Waals surface area (Å²) in [6.45, 7) is 14.4. The summed E-state index contributed by atoms with van der Waals surface area (Å²) in [5.41, 5.74) is 12.5. The molecule has 3 N–H and O–H groups in total. The summed E-state index contributed by atoms with van der Waals surface area (Å²) in [6.07, 6.45) is 11.4. The standard InChI is InChI=1S/C27H40N2OS/c1-20(2)11-9-12-21(3)13-10-14-22(4)17-18-31-19-27(24(6)30)29-23(5)25-15-7-8-16-26(25)28/h7-8,11,13,15-17,27,29H,5,9-10,12,14,18-19,28H2,1-4,6H3/b21-13+,22-17+. The van der Waals surface area contributed by atoms with Crippen molar-refractivity contribution in [3.05, 3.63) is 71.4 Å². The number of rotatable bonds is 14. The number of carbonyl (C=O) groups excluding carboxylic acids is 1. The molecule has 1 aromatic rings. The summed E-state index contributed by atoms with van der Waals surface area (Å²) in [6, 6.07) is 7.30. The van der Waals surface area contributed by atoms with Gasteiger partial charge in [-0.2, -0.15) is 11.8 Å². The van der Waals surface area contributed by atoms with Gasteiger partial charge in [0.15, 0.2) is 5.78 Å². The van der Waals surface area contributed by atoms with Crippen molar-refractivity contribution in [1.82, 2.24) is 5.32 Å². The number of anilines is 1. The number of hydrogen-bond acceptors (Lipinski definition) is 4. The van der Waals surface area contributed by atoms with Crippen molar-refractivity contribution in [3.63, 3.8) is 0 Å². The fourth-order valence-electron chi connectivity index (χ4n) is 3.05. The molecule has 0 bridgehead atoms. The number of carbonyl (C=O) groups is 1. The smallest absolute Gasteiger partial charge is 0.152 e. The molecule has 0 aliphatic rings. The zero-order valence-corrected chi connectivity index (χ0v) is 20.8. The molecule has 0 aliphatic heterocycles. The number of allylic oxidation sites excluding steroid dienone is 5. The van der Waals surface area contributed by atoms with E-state index in [-0.39, 0.29) is 11.8 Å². The second-order valence-corrected chi connectivity index (χ2v) is 9.45. The minimum Gasteiger partial charge on any atom is -0.398 e. The van der Waals surface area contributed by atoms with Gasteiger partial charge in [-0.05, 0) is 66.4 Å². The third-order valence-corrected chi connectivity index (χ3v) is 6.05. The van der Waals surface area contributed by atoms with Crippen molar-refractivity contribution in [1.29, 1.82) is 0 Å². The summed E-state index contributed by atoms with van der Waals surface area (Å²) in [5, 5.41) is 3.25. The highest BCUT2D eigenvalue weighted by Gasteiger charge is 2.15.